The molecule has 4 saturated carbocycles. The Kier molecular flexibility index (Phi) is 6.50. The van der Waals surface area contributed by atoms with Gasteiger partial charge in [-0.3, -0.25) is 4.79 Å². The van der Waals surface area contributed by atoms with Crippen LogP contribution in [-0.2, 0) is 17.8 Å². The molecule has 4 aliphatic rings. The van der Waals surface area contributed by atoms with E-state index in [9.17, 15) is 4.79 Å². The lowest BCUT2D eigenvalue weighted by Crippen LogP contribution is -3.00. The van der Waals surface area contributed by atoms with Crippen LogP contribution in [0.2, 0.25) is 0 Å². The van der Waals surface area contributed by atoms with Gasteiger partial charge in [-0.25, -0.2) is 0 Å². The third-order valence-electron chi connectivity index (χ3n) is 7.32. The van der Waals surface area contributed by atoms with E-state index in [0.29, 0.717) is 12.3 Å². The molecule has 1 aromatic heterocycles. The summed E-state index contributed by atoms with van der Waals surface area (Å²) in [5, 5.41) is 0. The monoisotopic (exact) mass is 471 g/mol. The first-order chi connectivity index (χ1) is 13.7. The first-order valence-corrected chi connectivity index (χ1v) is 11.9. The van der Waals surface area contributed by atoms with Crippen molar-refractivity contribution in [2.75, 3.05) is 5.75 Å². The summed E-state index contributed by atoms with van der Waals surface area (Å²) in [6.45, 7) is 0.561. The maximum atomic E-state index is 13.3. The Balaban J connectivity index is 0.00000205. The van der Waals surface area contributed by atoms with Crippen molar-refractivity contribution >= 4 is 17.5 Å². The van der Waals surface area contributed by atoms with Gasteiger partial charge in [-0.1, -0.05) is 18.2 Å². The SMILES string of the molecule is O=C(C[n+]1ccc(CCSc2ccccc2)cc1)C12CC3CC(CC(C3)C1)C2.[Br-]. The Bertz CT molecular complexity index is 800. The van der Waals surface area contributed by atoms with E-state index in [1.165, 1.54) is 49.0 Å². The number of rotatable bonds is 7. The van der Waals surface area contributed by atoms with Crippen LogP contribution < -0.4 is 21.5 Å². The molecule has 0 aliphatic heterocycles. The van der Waals surface area contributed by atoms with Crippen molar-refractivity contribution in [1.82, 2.24) is 0 Å². The van der Waals surface area contributed by atoms with Crippen molar-refractivity contribution in [1.29, 1.82) is 0 Å². The zero-order chi connectivity index (χ0) is 19.0. The number of halogens is 1. The number of carbonyl (C=O) groups is 1. The topological polar surface area (TPSA) is 20.9 Å². The van der Waals surface area contributed by atoms with Crippen LogP contribution in [0.15, 0.2) is 59.8 Å². The van der Waals surface area contributed by atoms with Crippen LogP contribution in [0.4, 0.5) is 0 Å². The minimum Gasteiger partial charge on any atom is -1.00 e. The van der Waals surface area contributed by atoms with Gasteiger partial charge in [0.05, 0.1) is 0 Å². The van der Waals surface area contributed by atoms with E-state index in [1.807, 2.05) is 11.8 Å². The van der Waals surface area contributed by atoms with Gasteiger partial charge in [0.25, 0.3) is 0 Å². The number of hydrogen-bond donors (Lipinski definition) is 0. The molecule has 0 atom stereocenters. The molecule has 0 unspecified atom stereocenters. The lowest BCUT2D eigenvalue weighted by Gasteiger charge is -2.55. The minimum absolute atomic E-state index is 0. The zero-order valence-corrected chi connectivity index (χ0v) is 19.3. The average Bonchev–Trinajstić information content (AvgIpc) is 2.69. The quantitative estimate of drug-likeness (QED) is 0.455. The highest BCUT2D eigenvalue weighted by molar-refractivity contribution is 7.99. The van der Waals surface area contributed by atoms with Crippen LogP contribution in [0.5, 0.6) is 0 Å². The number of hydrogen-bond acceptors (Lipinski definition) is 2. The molecule has 4 aliphatic carbocycles. The molecule has 4 bridgehead atoms. The van der Waals surface area contributed by atoms with Gasteiger partial charge in [-0.2, -0.15) is 4.57 Å². The number of ketones is 1. The molecule has 154 valence electrons. The number of aryl methyl sites for hydroxylation is 1. The molecule has 29 heavy (non-hydrogen) atoms. The largest absolute Gasteiger partial charge is 1.00 e. The number of thioether (sulfide) groups is 1. The summed E-state index contributed by atoms with van der Waals surface area (Å²) in [5.41, 5.74) is 1.37. The average molecular weight is 472 g/mol. The molecule has 6 rings (SSSR count). The van der Waals surface area contributed by atoms with E-state index in [4.69, 9.17) is 0 Å². The van der Waals surface area contributed by atoms with Crippen molar-refractivity contribution in [2.24, 2.45) is 23.2 Å². The number of carbonyl (C=O) groups excluding carboxylic acids is 1. The molecule has 0 radical (unpaired) electrons. The smallest absolute Gasteiger partial charge is 0.207 e. The summed E-state index contributed by atoms with van der Waals surface area (Å²) >= 11 is 1.90. The second-order valence-electron chi connectivity index (χ2n) is 9.41. The Labute approximate surface area is 189 Å². The third-order valence-corrected chi connectivity index (χ3v) is 8.33. The third kappa shape index (κ3) is 4.64. The van der Waals surface area contributed by atoms with E-state index in [-0.39, 0.29) is 22.4 Å². The van der Waals surface area contributed by atoms with E-state index in [2.05, 4.69) is 59.4 Å². The van der Waals surface area contributed by atoms with Crippen LogP contribution in [0.3, 0.4) is 0 Å². The summed E-state index contributed by atoms with van der Waals surface area (Å²) in [6, 6.07) is 15.0. The van der Waals surface area contributed by atoms with E-state index in [0.717, 1.165) is 29.9 Å². The summed E-state index contributed by atoms with van der Waals surface area (Å²) < 4.78 is 2.11. The molecule has 0 N–H and O–H groups in total. The fraction of sp³-hybridized carbons (Fsp3) is 0.520. The van der Waals surface area contributed by atoms with Gasteiger partial charge in [-0.05, 0) is 80.4 Å². The molecule has 4 fully saturated rings. The van der Waals surface area contributed by atoms with Gasteiger partial charge < -0.3 is 17.0 Å². The first kappa shape index (κ1) is 21.1. The van der Waals surface area contributed by atoms with Gasteiger partial charge in [0.2, 0.25) is 12.3 Å². The number of benzene rings is 1. The van der Waals surface area contributed by atoms with Crippen molar-refractivity contribution < 1.29 is 26.3 Å². The van der Waals surface area contributed by atoms with Gasteiger partial charge in [0.1, 0.15) is 0 Å². The second kappa shape index (κ2) is 8.93. The van der Waals surface area contributed by atoms with Crippen LogP contribution in [0.25, 0.3) is 0 Å². The van der Waals surface area contributed by atoms with E-state index in [1.54, 1.807) is 0 Å². The Hall–Kier alpha value is -1.13. The van der Waals surface area contributed by atoms with E-state index >= 15 is 0 Å². The fourth-order valence-electron chi connectivity index (χ4n) is 6.35. The van der Waals surface area contributed by atoms with Gasteiger partial charge >= 0.3 is 0 Å². The van der Waals surface area contributed by atoms with Gasteiger partial charge in [-0.15, -0.1) is 11.8 Å². The minimum atomic E-state index is 0. The normalized spacial score (nSPS) is 29.4. The fourth-order valence-corrected chi connectivity index (χ4v) is 7.27. The molecular weight excluding hydrogens is 442 g/mol. The first-order valence-electron chi connectivity index (χ1n) is 10.9. The summed E-state index contributed by atoms with van der Waals surface area (Å²) in [6.07, 6.45) is 13.0. The highest BCUT2D eigenvalue weighted by Gasteiger charge is 2.54. The standard InChI is InChI=1S/C25H30NOS.BrH/c27-24(25-15-20-12-21(16-25)14-22(13-20)17-25)18-26-9-6-19(7-10-26)8-11-28-23-4-2-1-3-5-23;/h1-7,9-10,20-22H,8,11-18H2;1H/q+1;/p-1. The zero-order valence-electron chi connectivity index (χ0n) is 16.9. The van der Waals surface area contributed by atoms with Crippen molar-refractivity contribution in [3.63, 3.8) is 0 Å². The Morgan fingerprint density at radius 2 is 1.52 bits per heavy atom. The van der Waals surface area contributed by atoms with Crippen LogP contribution in [-0.4, -0.2) is 11.5 Å². The van der Waals surface area contributed by atoms with Crippen LogP contribution >= 0.6 is 11.8 Å². The predicted molar refractivity (Wildman–Crippen MR) is 113 cm³/mol. The summed E-state index contributed by atoms with van der Waals surface area (Å²) in [4.78, 5) is 14.6. The molecule has 0 saturated heterocycles. The molecule has 0 amide bonds. The lowest BCUT2D eigenvalue weighted by atomic mass is 9.48. The van der Waals surface area contributed by atoms with Crippen LogP contribution in [0, 0.1) is 23.2 Å². The van der Waals surface area contributed by atoms with Crippen molar-refractivity contribution in [3.05, 3.63) is 60.4 Å². The number of pyridine rings is 1. The molecular formula is C25H30BrNOS. The molecule has 4 heteroatoms. The Morgan fingerprint density at radius 3 is 2.10 bits per heavy atom. The molecule has 1 heterocycles. The summed E-state index contributed by atoms with van der Waals surface area (Å²) in [5.74, 6) is 4.10. The van der Waals surface area contributed by atoms with Crippen LogP contribution in [0.1, 0.15) is 44.1 Å². The number of nitrogens with zero attached hydrogens (tertiary/aromatic N) is 1. The second-order valence-corrected chi connectivity index (χ2v) is 10.6. The predicted octanol–water partition coefficient (Wildman–Crippen LogP) is 2.10. The van der Waals surface area contributed by atoms with E-state index < -0.39 is 0 Å². The highest BCUT2D eigenvalue weighted by Crippen LogP contribution is 2.60. The van der Waals surface area contributed by atoms with Crippen molar-refractivity contribution in [2.45, 2.75) is 56.4 Å². The molecule has 1 aromatic carbocycles. The molecule has 2 nitrogen and oxygen atoms in total. The number of aromatic nitrogens is 1. The number of Topliss-reactive ketones (excluding diaryl/α,β-unsaturated/α-hetero) is 1. The molecule has 2 aromatic rings. The molecule has 0 spiro atoms. The Morgan fingerprint density at radius 1 is 0.931 bits per heavy atom. The summed E-state index contributed by atoms with van der Waals surface area (Å²) in [7, 11) is 0. The highest BCUT2D eigenvalue weighted by atomic mass is 79.9. The van der Waals surface area contributed by atoms with Gasteiger partial charge in [0.15, 0.2) is 12.4 Å². The maximum Gasteiger partial charge on any atom is 0.207 e. The maximum absolute atomic E-state index is 13.3. The lowest BCUT2D eigenvalue weighted by molar-refractivity contribution is -0.685. The van der Waals surface area contributed by atoms with Gasteiger partial charge in [0, 0.05) is 28.2 Å². The van der Waals surface area contributed by atoms with Crippen molar-refractivity contribution in [3.8, 4) is 0 Å².